The number of aryl methyl sites for hydroxylation is 2. The number of nitrogens with one attached hydrogen (secondary N) is 2. The summed E-state index contributed by atoms with van der Waals surface area (Å²) in [5, 5.41) is 4.16. The quantitative estimate of drug-likeness (QED) is 0.578. The van der Waals surface area contributed by atoms with Crippen LogP contribution in [0, 0.1) is 31.4 Å². The molecule has 6 nitrogen and oxygen atoms in total. The number of hydrogen-bond donors (Lipinski definition) is 2. The number of halogens is 2. The molecule has 2 unspecified atom stereocenters. The van der Waals surface area contributed by atoms with E-state index in [4.69, 9.17) is 0 Å². The second-order valence-corrected chi connectivity index (χ2v) is 9.19. The van der Waals surface area contributed by atoms with Gasteiger partial charge < -0.3 is 10.2 Å². The number of anilines is 2. The summed E-state index contributed by atoms with van der Waals surface area (Å²) in [6.45, 7) is 4.64. The second kappa shape index (κ2) is 9.11. The van der Waals surface area contributed by atoms with Crippen molar-refractivity contribution in [1.82, 2.24) is 10.4 Å². The Hall–Kier alpha value is -3.78. The minimum atomic E-state index is -0.487. The molecule has 180 valence electrons. The number of amides is 2. The van der Waals surface area contributed by atoms with E-state index in [0.717, 1.165) is 22.4 Å². The van der Waals surface area contributed by atoms with E-state index >= 15 is 0 Å². The Balaban J connectivity index is 1.35. The van der Waals surface area contributed by atoms with Crippen molar-refractivity contribution in [3.8, 4) is 0 Å². The van der Waals surface area contributed by atoms with Crippen LogP contribution in [-0.2, 0) is 16.1 Å². The van der Waals surface area contributed by atoms with Gasteiger partial charge in [-0.25, -0.2) is 14.2 Å². The third-order valence-corrected chi connectivity index (χ3v) is 6.74. The number of carbonyl (C=O) groups is 2. The zero-order valence-electron chi connectivity index (χ0n) is 19.5. The Labute approximate surface area is 202 Å². The van der Waals surface area contributed by atoms with E-state index < -0.39 is 17.8 Å². The molecule has 2 heterocycles. The van der Waals surface area contributed by atoms with Crippen molar-refractivity contribution in [1.29, 1.82) is 0 Å². The van der Waals surface area contributed by atoms with E-state index in [0.29, 0.717) is 24.3 Å². The second-order valence-electron chi connectivity index (χ2n) is 9.19. The molecule has 35 heavy (non-hydrogen) atoms. The van der Waals surface area contributed by atoms with Gasteiger partial charge in [0.1, 0.15) is 18.2 Å². The Morgan fingerprint density at radius 3 is 2.49 bits per heavy atom. The van der Waals surface area contributed by atoms with Crippen LogP contribution in [0.2, 0.25) is 0 Å². The minimum Gasteiger partial charge on any atom is -0.366 e. The summed E-state index contributed by atoms with van der Waals surface area (Å²) >= 11 is 0. The van der Waals surface area contributed by atoms with E-state index in [1.54, 1.807) is 18.2 Å². The lowest BCUT2D eigenvalue weighted by molar-refractivity contribution is -0.135. The first-order chi connectivity index (χ1) is 16.8. The van der Waals surface area contributed by atoms with Crippen LogP contribution in [0.4, 0.5) is 20.2 Å². The van der Waals surface area contributed by atoms with Gasteiger partial charge >= 0.3 is 0 Å². The van der Waals surface area contributed by atoms with Crippen molar-refractivity contribution < 1.29 is 18.4 Å². The number of nitrogens with zero attached hydrogens (tertiary/aromatic N) is 2. The van der Waals surface area contributed by atoms with Gasteiger partial charge in [-0.3, -0.25) is 14.6 Å². The van der Waals surface area contributed by atoms with Crippen molar-refractivity contribution in [2.24, 2.45) is 5.92 Å². The van der Waals surface area contributed by atoms with Crippen LogP contribution in [0.5, 0.6) is 0 Å². The van der Waals surface area contributed by atoms with Gasteiger partial charge in [0.25, 0.3) is 0 Å². The first-order valence-corrected chi connectivity index (χ1v) is 11.5. The highest BCUT2D eigenvalue weighted by molar-refractivity contribution is 5.95. The Morgan fingerprint density at radius 2 is 1.74 bits per heavy atom. The van der Waals surface area contributed by atoms with Crippen LogP contribution < -0.4 is 15.6 Å². The topological polar surface area (TPSA) is 64.7 Å². The van der Waals surface area contributed by atoms with Gasteiger partial charge in [0, 0.05) is 24.5 Å². The number of benzene rings is 3. The van der Waals surface area contributed by atoms with E-state index in [2.05, 4.69) is 10.7 Å². The highest BCUT2D eigenvalue weighted by atomic mass is 19.1. The smallest absolute Gasteiger partial charge is 0.245 e. The van der Waals surface area contributed by atoms with Gasteiger partial charge in [-0.1, -0.05) is 18.2 Å². The SMILES string of the molecule is Cc1ccc(NC(=O)CN2NC3c4cc(F)ccc4N(Cc4ccc(F)cc4)CC3C2=O)cc1C. The van der Waals surface area contributed by atoms with Gasteiger partial charge in [-0.2, -0.15) is 0 Å². The van der Waals surface area contributed by atoms with Gasteiger partial charge in [0.05, 0.1) is 12.0 Å². The number of rotatable bonds is 5. The Bertz CT molecular complexity index is 1290. The maximum absolute atomic E-state index is 14.2. The molecule has 0 aliphatic carbocycles. The normalized spacial score (nSPS) is 18.9. The minimum absolute atomic E-state index is 0.165. The maximum atomic E-state index is 14.2. The molecule has 8 heteroatoms. The van der Waals surface area contributed by atoms with Crippen molar-refractivity contribution in [2.75, 3.05) is 23.3 Å². The molecule has 2 aliphatic rings. The molecule has 2 N–H and O–H groups in total. The summed E-state index contributed by atoms with van der Waals surface area (Å²) in [6, 6.07) is 15.9. The van der Waals surface area contributed by atoms with Gasteiger partial charge in [0.15, 0.2) is 0 Å². The third kappa shape index (κ3) is 4.61. The van der Waals surface area contributed by atoms with Crippen molar-refractivity contribution in [3.05, 3.63) is 94.6 Å². The molecule has 0 radical (unpaired) electrons. The average molecular weight is 477 g/mol. The number of hydrogen-bond acceptors (Lipinski definition) is 4. The lowest BCUT2D eigenvalue weighted by Gasteiger charge is -2.36. The fraction of sp³-hybridized carbons (Fsp3) is 0.259. The monoisotopic (exact) mass is 476 g/mol. The van der Waals surface area contributed by atoms with E-state index in [-0.39, 0.29) is 24.2 Å². The molecule has 5 rings (SSSR count). The molecule has 0 saturated carbocycles. The van der Waals surface area contributed by atoms with E-state index in [1.807, 2.05) is 36.9 Å². The summed E-state index contributed by atoms with van der Waals surface area (Å²) in [5.74, 6) is -1.75. The predicted octanol–water partition coefficient (Wildman–Crippen LogP) is 4.24. The molecule has 2 amide bonds. The summed E-state index contributed by atoms with van der Waals surface area (Å²) < 4.78 is 27.6. The molecule has 1 fully saturated rings. The predicted molar refractivity (Wildman–Crippen MR) is 129 cm³/mol. The standard InChI is InChI=1S/C27H26F2N4O2/c1-16-3-9-21(11-17(16)2)30-25(34)15-33-27(35)23-14-32(13-18-4-6-19(28)7-5-18)24-10-8-20(29)12-22(24)26(23)31-33/h3-12,23,26,31H,13-15H2,1-2H3,(H,30,34). The molecular formula is C27H26F2N4O2. The van der Waals surface area contributed by atoms with Crippen molar-refractivity contribution >= 4 is 23.2 Å². The molecule has 0 spiro atoms. The molecular weight excluding hydrogens is 450 g/mol. The van der Waals surface area contributed by atoms with Crippen molar-refractivity contribution in [3.63, 3.8) is 0 Å². The van der Waals surface area contributed by atoms with Gasteiger partial charge in [-0.15, -0.1) is 0 Å². The third-order valence-electron chi connectivity index (χ3n) is 6.74. The van der Waals surface area contributed by atoms with E-state index in [9.17, 15) is 18.4 Å². The fourth-order valence-corrected chi connectivity index (χ4v) is 4.78. The number of fused-ring (bicyclic) bond motifs is 3. The Kier molecular flexibility index (Phi) is 5.98. The number of carbonyl (C=O) groups excluding carboxylic acids is 2. The van der Waals surface area contributed by atoms with E-state index in [1.165, 1.54) is 29.3 Å². The zero-order chi connectivity index (χ0) is 24.7. The molecule has 0 aromatic heterocycles. The largest absolute Gasteiger partial charge is 0.366 e. The van der Waals surface area contributed by atoms with Crippen LogP contribution in [0.3, 0.4) is 0 Å². The van der Waals surface area contributed by atoms with Gasteiger partial charge in [-0.05, 0) is 78.6 Å². The molecule has 3 aromatic rings. The highest BCUT2D eigenvalue weighted by Crippen LogP contribution is 2.42. The highest BCUT2D eigenvalue weighted by Gasteiger charge is 2.46. The summed E-state index contributed by atoms with van der Waals surface area (Å²) in [5.41, 5.74) is 8.33. The summed E-state index contributed by atoms with van der Waals surface area (Å²) in [6.07, 6.45) is 0. The van der Waals surface area contributed by atoms with Crippen LogP contribution >= 0.6 is 0 Å². The average Bonchev–Trinajstić information content (AvgIpc) is 3.13. The molecule has 2 aliphatic heterocycles. The zero-order valence-corrected chi connectivity index (χ0v) is 19.5. The number of hydrazine groups is 1. The van der Waals surface area contributed by atoms with Gasteiger partial charge in [0.2, 0.25) is 11.8 Å². The summed E-state index contributed by atoms with van der Waals surface area (Å²) in [4.78, 5) is 28.0. The first-order valence-electron chi connectivity index (χ1n) is 11.5. The molecule has 0 bridgehead atoms. The van der Waals surface area contributed by atoms with Crippen LogP contribution in [-0.4, -0.2) is 29.9 Å². The van der Waals surface area contributed by atoms with Crippen LogP contribution in [0.25, 0.3) is 0 Å². The van der Waals surface area contributed by atoms with Crippen LogP contribution in [0.15, 0.2) is 60.7 Å². The molecule has 1 saturated heterocycles. The Morgan fingerprint density at radius 1 is 1.00 bits per heavy atom. The summed E-state index contributed by atoms with van der Waals surface area (Å²) in [7, 11) is 0. The van der Waals surface area contributed by atoms with Crippen LogP contribution in [0.1, 0.15) is 28.3 Å². The maximum Gasteiger partial charge on any atom is 0.245 e. The lowest BCUT2D eigenvalue weighted by atomic mass is 9.88. The van der Waals surface area contributed by atoms with Crippen molar-refractivity contribution in [2.45, 2.75) is 26.4 Å². The molecule has 3 aromatic carbocycles. The lowest BCUT2D eigenvalue weighted by Crippen LogP contribution is -2.41. The fourth-order valence-electron chi connectivity index (χ4n) is 4.78. The first kappa shape index (κ1) is 23.0. The molecule has 2 atom stereocenters.